The molecule has 0 aromatic heterocycles. The molecule has 0 atom stereocenters. The number of nitrogens with one attached hydrogen (secondary N) is 1. The van der Waals surface area contributed by atoms with Crippen LogP contribution in [0.25, 0.3) is 0 Å². The van der Waals surface area contributed by atoms with Crippen LogP contribution in [0, 0.1) is 10.1 Å². The molecular weight excluding hydrogens is 278 g/mol. The van der Waals surface area contributed by atoms with Crippen molar-refractivity contribution in [2.75, 3.05) is 18.5 Å². The zero-order chi connectivity index (χ0) is 15.7. The molecule has 8 nitrogen and oxygen atoms in total. The van der Waals surface area contributed by atoms with Crippen LogP contribution in [-0.2, 0) is 11.3 Å². The maximum atomic E-state index is 11.0. The first kappa shape index (κ1) is 16.7. The number of primary amides is 1. The summed E-state index contributed by atoms with van der Waals surface area (Å²) in [6.45, 7) is 0.609. The Labute approximate surface area is 122 Å². The molecule has 0 fully saturated rings. The van der Waals surface area contributed by atoms with Crippen molar-refractivity contribution in [2.24, 2.45) is 5.73 Å². The lowest BCUT2D eigenvalue weighted by Crippen LogP contribution is -2.13. The fraction of sp³-hybridized carbons (Fsp3) is 0.462. The van der Waals surface area contributed by atoms with Gasteiger partial charge in [-0.1, -0.05) is 6.07 Å². The third kappa shape index (κ3) is 6.09. The smallest absolute Gasteiger partial charge is 0.404 e. The SMILES string of the molecule is NC(=O)OCCCCCNc1ccc(CO)cc1[N+](=O)[O-]. The standard InChI is InChI=1S/C13H19N3O5/c14-13(18)21-7-3-1-2-6-15-11-5-4-10(9-17)8-12(11)16(19)20/h4-5,8,15,17H,1-3,6-7,9H2,(H2,14,18). The summed E-state index contributed by atoms with van der Waals surface area (Å²) in [5, 5.41) is 22.9. The molecule has 116 valence electrons. The van der Waals surface area contributed by atoms with Gasteiger partial charge in [0.05, 0.1) is 18.1 Å². The highest BCUT2D eigenvalue weighted by Crippen LogP contribution is 2.25. The monoisotopic (exact) mass is 297 g/mol. The topological polar surface area (TPSA) is 128 Å². The number of nitrogens with two attached hydrogens (primary N) is 1. The number of aliphatic hydroxyl groups excluding tert-OH is 1. The molecular formula is C13H19N3O5. The molecule has 0 radical (unpaired) electrons. The van der Waals surface area contributed by atoms with E-state index in [-0.39, 0.29) is 18.9 Å². The number of rotatable bonds is 9. The van der Waals surface area contributed by atoms with Gasteiger partial charge >= 0.3 is 6.09 Å². The van der Waals surface area contributed by atoms with Crippen molar-refractivity contribution in [3.8, 4) is 0 Å². The molecule has 0 aliphatic rings. The predicted octanol–water partition coefficient (Wildman–Crippen LogP) is 1.76. The van der Waals surface area contributed by atoms with Gasteiger partial charge in [-0.05, 0) is 30.9 Å². The number of nitro groups is 1. The van der Waals surface area contributed by atoms with Crippen molar-refractivity contribution < 1.29 is 19.6 Å². The molecule has 0 saturated heterocycles. The molecule has 8 heteroatoms. The minimum atomic E-state index is -0.785. The average Bonchev–Trinajstić information content (AvgIpc) is 2.45. The highest BCUT2D eigenvalue weighted by atomic mass is 16.6. The van der Waals surface area contributed by atoms with E-state index >= 15 is 0 Å². The summed E-state index contributed by atoms with van der Waals surface area (Å²) >= 11 is 0. The third-order valence-electron chi connectivity index (χ3n) is 2.82. The fourth-order valence-electron chi connectivity index (χ4n) is 1.78. The quantitative estimate of drug-likeness (QED) is 0.362. The molecule has 0 bridgehead atoms. The summed E-state index contributed by atoms with van der Waals surface area (Å²) in [6.07, 6.45) is 1.49. The van der Waals surface area contributed by atoms with E-state index in [9.17, 15) is 14.9 Å². The number of ether oxygens (including phenoxy) is 1. The van der Waals surface area contributed by atoms with E-state index in [1.807, 2.05) is 0 Å². The summed E-state index contributed by atoms with van der Waals surface area (Å²) in [7, 11) is 0. The number of aliphatic hydroxyl groups is 1. The van der Waals surface area contributed by atoms with E-state index in [1.54, 1.807) is 12.1 Å². The molecule has 0 saturated carbocycles. The first-order valence-corrected chi connectivity index (χ1v) is 6.59. The molecule has 0 unspecified atom stereocenters. The van der Waals surface area contributed by atoms with Crippen LogP contribution < -0.4 is 11.1 Å². The normalized spacial score (nSPS) is 10.1. The van der Waals surface area contributed by atoms with Gasteiger partial charge in [-0.3, -0.25) is 10.1 Å². The number of carbonyl (C=O) groups excluding carboxylic acids is 1. The zero-order valence-electron chi connectivity index (χ0n) is 11.6. The Bertz CT molecular complexity index is 493. The van der Waals surface area contributed by atoms with Crippen LogP contribution in [0.2, 0.25) is 0 Å². The van der Waals surface area contributed by atoms with Crippen LogP contribution in [0.1, 0.15) is 24.8 Å². The molecule has 0 aliphatic carbocycles. The van der Waals surface area contributed by atoms with Crippen LogP contribution in [0.15, 0.2) is 18.2 Å². The second kappa shape index (κ2) is 8.75. The number of benzene rings is 1. The van der Waals surface area contributed by atoms with Crippen LogP contribution in [-0.4, -0.2) is 29.3 Å². The first-order chi connectivity index (χ1) is 10.0. The van der Waals surface area contributed by atoms with Crippen molar-refractivity contribution in [3.63, 3.8) is 0 Å². The maximum absolute atomic E-state index is 11.0. The van der Waals surface area contributed by atoms with E-state index in [0.29, 0.717) is 24.2 Å². The summed E-state index contributed by atoms with van der Waals surface area (Å²) in [5.41, 5.74) is 5.68. The summed E-state index contributed by atoms with van der Waals surface area (Å²) in [5.74, 6) is 0. The van der Waals surface area contributed by atoms with Gasteiger partial charge in [-0.15, -0.1) is 0 Å². The second-order valence-electron chi connectivity index (χ2n) is 4.42. The summed E-state index contributed by atoms with van der Waals surface area (Å²) in [4.78, 5) is 20.8. The lowest BCUT2D eigenvalue weighted by Gasteiger charge is -2.08. The van der Waals surface area contributed by atoms with Crippen LogP contribution in [0.5, 0.6) is 0 Å². The van der Waals surface area contributed by atoms with E-state index < -0.39 is 11.0 Å². The number of hydrogen-bond acceptors (Lipinski definition) is 6. The van der Waals surface area contributed by atoms with Gasteiger partial charge in [0.1, 0.15) is 5.69 Å². The average molecular weight is 297 g/mol. The molecule has 1 aromatic rings. The summed E-state index contributed by atoms with van der Waals surface area (Å²) in [6, 6.07) is 4.57. The van der Waals surface area contributed by atoms with Crippen molar-refractivity contribution in [1.29, 1.82) is 0 Å². The zero-order valence-corrected chi connectivity index (χ0v) is 11.6. The number of nitro benzene ring substituents is 1. The van der Waals surface area contributed by atoms with Gasteiger partial charge in [0.25, 0.3) is 5.69 Å². The largest absolute Gasteiger partial charge is 0.450 e. The maximum Gasteiger partial charge on any atom is 0.404 e. The molecule has 4 N–H and O–H groups in total. The Morgan fingerprint density at radius 3 is 2.76 bits per heavy atom. The molecule has 0 heterocycles. The molecule has 1 aromatic carbocycles. The molecule has 21 heavy (non-hydrogen) atoms. The van der Waals surface area contributed by atoms with Gasteiger partial charge in [-0.25, -0.2) is 4.79 Å². The second-order valence-corrected chi connectivity index (χ2v) is 4.42. The van der Waals surface area contributed by atoms with Crippen LogP contribution in [0.4, 0.5) is 16.2 Å². The van der Waals surface area contributed by atoms with E-state index in [4.69, 9.17) is 10.8 Å². The Kier molecular flexibility index (Phi) is 6.96. The van der Waals surface area contributed by atoms with Gasteiger partial charge in [0.15, 0.2) is 0 Å². The highest BCUT2D eigenvalue weighted by molar-refractivity contribution is 5.64. The van der Waals surface area contributed by atoms with Gasteiger partial charge in [0.2, 0.25) is 0 Å². The van der Waals surface area contributed by atoms with E-state index in [0.717, 1.165) is 12.8 Å². The molecule has 1 amide bonds. The van der Waals surface area contributed by atoms with E-state index in [2.05, 4.69) is 10.1 Å². The number of amides is 1. The minimum Gasteiger partial charge on any atom is -0.450 e. The number of carbonyl (C=O) groups is 1. The Morgan fingerprint density at radius 1 is 1.38 bits per heavy atom. The number of unbranched alkanes of at least 4 members (excludes halogenated alkanes) is 2. The Hall–Kier alpha value is -2.35. The number of nitrogens with zero attached hydrogens (tertiary/aromatic N) is 1. The van der Waals surface area contributed by atoms with Gasteiger partial charge in [-0.2, -0.15) is 0 Å². The van der Waals surface area contributed by atoms with E-state index in [1.165, 1.54) is 6.07 Å². The van der Waals surface area contributed by atoms with Crippen LogP contribution >= 0.6 is 0 Å². The first-order valence-electron chi connectivity index (χ1n) is 6.59. The van der Waals surface area contributed by atoms with Crippen LogP contribution in [0.3, 0.4) is 0 Å². The Balaban J connectivity index is 2.38. The van der Waals surface area contributed by atoms with Crippen molar-refractivity contribution in [2.45, 2.75) is 25.9 Å². The predicted molar refractivity (Wildman–Crippen MR) is 76.9 cm³/mol. The lowest BCUT2D eigenvalue weighted by atomic mass is 10.1. The minimum absolute atomic E-state index is 0.0568. The number of hydrogen-bond donors (Lipinski definition) is 3. The number of anilines is 1. The molecule has 0 aliphatic heterocycles. The van der Waals surface area contributed by atoms with Crippen molar-refractivity contribution in [3.05, 3.63) is 33.9 Å². The summed E-state index contributed by atoms with van der Waals surface area (Å²) < 4.78 is 4.59. The van der Waals surface area contributed by atoms with Gasteiger partial charge < -0.3 is 20.9 Å². The fourth-order valence-corrected chi connectivity index (χ4v) is 1.78. The van der Waals surface area contributed by atoms with Gasteiger partial charge in [0, 0.05) is 12.6 Å². The highest BCUT2D eigenvalue weighted by Gasteiger charge is 2.13. The van der Waals surface area contributed by atoms with Crippen molar-refractivity contribution in [1.82, 2.24) is 0 Å². The Morgan fingerprint density at radius 2 is 2.14 bits per heavy atom. The third-order valence-corrected chi connectivity index (χ3v) is 2.82. The molecule has 1 rings (SSSR count). The van der Waals surface area contributed by atoms with Crippen molar-refractivity contribution >= 4 is 17.5 Å². The molecule has 0 spiro atoms. The lowest BCUT2D eigenvalue weighted by molar-refractivity contribution is -0.384.